The van der Waals surface area contributed by atoms with E-state index in [1.165, 1.54) is 10.8 Å². The van der Waals surface area contributed by atoms with E-state index < -0.39 is 0 Å². The van der Waals surface area contributed by atoms with E-state index in [0.29, 0.717) is 0 Å². The average Bonchev–Trinajstić information content (AvgIpc) is 2.31. The Hall–Kier alpha value is 0.01000. The molecule has 0 unspecified atom stereocenters. The minimum Gasteiger partial charge on any atom is -0.466 e. The Kier molecular flexibility index (Phi) is 3.25. The molecule has 1 nitrogen and oxygen atoms in total. The van der Waals surface area contributed by atoms with Gasteiger partial charge >= 0.3 is 0 Å². The molecule has 0 atom stereocenters. The smallest absolute Gasteiger partial charge is 0.104 e. The zero-order valence-corrected chi connectivity index (χ0v) is 8.22. The standard InChI is InChI=1S/C8H11IO/c1-7-4-5-8(10-7)3-2-6-9/h4-5H,2-3,6H2,1H3. The van der Waals surface area contributed by atoms with Gasteiger partial charge in [-0.15, -0.1) is 0 Å². The molecule has 0 aliphatic rings. The van der Waals surface area contributed by atoms with Crippen LogP contribution < -0.4 is 0 Å². The van der Waals surface area contributed by atoms with Crippen molar-refractivity contribution < 1.29 is 4.42 Å². The molecule has 1 heterocycles. The van der Waals surface area contributed by atoms with E-state index >= 15 is 0 Å². The highest BCUT2D eigenvalue weighted by Crippen LogP contribution is 2.08. The number of rotatable bonds is 3. The first kappa shape index (κ1) is 8.11. The Labute approximate surface area is 74.9 Å². The van der Waals surface area contributed by atoms with Gasteiger partial charge in [0.1, 0.15) is 11.5 Å². The number of halogens is 1. The van der Waals surface area contributed by atoms with Crippen LogP contribution in [0.15, 0.2) is 16.5 Å². The predicted molar refractivity (Wildman–Crippen MR) is 50.7 cm³/mol. The molecule has 0 aliphatic heterocycles. The van der Waals surface area contributed by atoms with Crippen LogP contribution in [-0.2, 0) is 6.42 Å². The van der Waals surface area contributed by atoms with Gasteiger partial charge in [0.2, 0.25) is 0 Å². The Balaban J connectivity index is 2.42. The number of alkyl halides is 1. The summed E-state index contributed by atoms with van der Waals surface area (Å²) in [5.74, 6) is 2.14. The van der Waals surface area contributed by atoms with E-state index in [2.05, 4.69) is 28.7 Å². The van der Waals surface area contributed by atoms with E-state index in [1.54, 1.807) is 0 Å². The number of hydrogen-bond acceptors (Lipinski definition) is 1. The predicted octanol–water partition coefficient (Wildman–Crippen LogP) is 2.96. The monoisotopic (exact) mass is 250 g/mol. The molecule has 0 spiro atoms. The molecule has 2 heteroatoms. The molecule has 1 aromatic heterocycles. The zero-order valence-electron chi connectivity index (χ0n) is 6.06. The molecular weight excluding hydrogens is 239 g/mol. The normalized spacial score (nSPS) is 10.2. The summed E-state index contributed by atoms with van der Waals surface area (Å²) in [6, 6.07) is 4.07. The van der Waals surface area contributed by atoms with Crippen LogP contribution in [-0.4, -0.2) is 4.43 Å². The number of hydrogen-bond donors (Lipinski definition) is 0. The van der Waals surface area contributed by atoms with E-state index in [1.807, 2.05) is 13.0 Å². The maximum absolute atomic E-state index is 5.38. The van der Waals surface area contributed by atoms with Crippen molar-refractivity contribution in [2.24, 2.45) is 0 Å². The van der Waals surface area contributed by atoms with Crippen LogP contribution >= 0.6 is 22.6 Å². The largest absolute Gasteiger partial charge is 0.466 e. The highest BCUT2D eigenvalue weighted by atomic mass is 127. The van der Waals surface area contributed by atoms with E-state index in [4.69, 9.17) is 4.42 Å². The summed E-state index contributed by atoms with van der Waals surface area (Å²) < 4.78 is 6.59. The van der Waals surface area contributed by atoms with Gasteiger partial charge in [0.25, 0.3) is 0 Å². The van der Waals surface area contributed by atoms with Crippen molar-refractivity contribution in [3.05, 3.63) is 23.7 Å². The lowest BCUT2D eigenvalue weighted by Crippen LogP contribution is -1.80. The molecule has 0 aromatic carbocycles. The number of aryl methyl sites for hydroxylation is 2. The second-order valence-electron chi connectivity index (χ2n) is 2.30. The molecule has 0 fully saturated rings. The van der Waals surface area contributed by atoms with E-state index in [9.17, 15) is 0 Å². The highest BCUT2D eigenvalue weighted by molar-refractivity contribution is 14.1. The van der Waals surface area contributed by atoms with E-state index in [-0.39, 0.29) is 0 Å². The van der Waals surface area contributed by atoms with Crippen LogP contribution in [0.3, 0.4) is 0 Å². The van der Waals surface area contributed by atoms with Gasteiger partial charge in [0.15, 0.2) is 0 Å². The lowest BCUT2D eigenvalue weighted by atomic mass is 10.3. The Morgan fingerprint density at radius 1 is 1.50 bits per heavy atom. The Morgan fingerprint density at radius 2 is 2.30 bits per heavy atom. The molecule has 56 valence electrons. The van der Waals surface area contributed by atoms with Gasteiger partial charge in [0.05, 0.1) is 0 Å². The molecule has 0 radical (unpaired) electrons. The van der Waals surface area contributed by atoms with E-state index in [0.717, 1.165) is 17.9 Å². The molecule has 1 aromatic rings. The molecule has 0 N–H and O–H groups in total. The first-order chi connectivity index (χ1) is 4.83. The summed E-state index contributed by atoms with van der Waals surface area (Å²) in [6.07, 6.45) is 2.30. The quantitative estimate of drug-likeness (QED) is 0.593. The fraction of sp³-hybridized carbons (Fsp3) is 0.500. The molecule has 10 heavy (non-hydrogen) atoms. The van der Waals surface area contributed by atoms with Crippen LogP contribution in [0.4, 0.5) is 0 Å². The van der Waals surface area contributed by atoms with Crippen molar-refractivity contribution in [2.75, 3.05) is 4.43 Å². The Bertz CT molecular complexity index is 193. The second kappa shape index (κ2) is 4.01. The third-order valence-electron chi connectivity index (χ3n) is 1.35. The van der Waals surface area contributed by atoms with Crippen molar-refractivity contribution >= 4 is 22.6 Å². The average molecular weight is 250 g/mol. The molecule has 0 aliphatic carbocycles. The van der Waals surface area contributed by atoms with Crippen LogP contribution in [0.1, 0.15) is 17.9 Å². The molecule has 0 bridgehead atoms. The summed E-state index contributed by atoms with van der Waals surface area (Å²) in [5, 5.41) is 0. The first-order valence-electron chi connectivity index (χ1n) is 3.44. The van der Waals surface area contributed by atoms with Crippen LogP contribution in [0.5, 0.6) is 0 Å². The maximum Gasteiger partial charge on any atom is 0.104 e. The molecule has 1 rings (SSSR count). The molecule has 0 saturated carbocycles. The highest BCUT2D eigenvalue weighted by Gasteiger charge is 1.95. The van der Waals surface area contributed by atoms with Crippen molar-refractivity contribution in [1.29, 1.82) is 0 Å². The Morgan fingerprint density at radius 3 is 2.80 bits per heavy atom. The van der Waals surface area contributed by atoms with Gasteiger partial charge in [0, 0.05) is 6.42 Å². The van der Waals surface area contributed by atoms with Gasteiger partial charge < -0.3 is 4.42 Å². The van der Waals surface area contributed by atoms with Crippen LogP contribution in [0.2, 0.25) is 0 Å². The molecule has 0 saturated heterocycles. The van der Waals surface area contributed by atoms with Crippen LogP contribution in [0, 0.1) is 6.92 Å². The second-order valence-corrected chi connectivity index (χ2v) is 3.38. The van der Waals surface area contributed by atoms with Crippen molar-refractivity contribution in [3.63, 3.8) is 0 Å². The summed E-state index contributed by atoms with van der Waals surface area (Å²) in [7, 11) is 0. The third kappa shape index (κ3) is 2.33. The summed E-state index contributed by atoms with van der Waals surface area (Å²) in [5.41, 5.74) is 0. The maximum atomic E-state index is 5.38. The third-order valence-corrected chi connectivity index (χ3v) is 2.12. The van der Waals surface area contributed by atoms with Gasteiger partial charge in [-0.3, -0.25) is 0 Å². The first-order valence-corrected chi connectivity index (χ1v) is 4.97. The van der Waals surface area contributed by atoms with Gasteiger partial charge in [-0.1, -0.05) is 22.6 Å². The zero-order chi connectivity index (χ0) is 7.40. The van der Waals surface area contributed by atoms with Crippen molar-refractivity contribution in [3.8, 4) is 0 Å². The summed E-state index contributed by atoms with van der Waals surface area (Å²) in [4.78, 5) is 0. The number of furan rings is 1. The van der Waals surface area contributed by atoms with Crippen LogP contribution in [0.25, 0.3) is 0 Å². The minimum absolute atomic E-state index is 1.02. The van der Waals surface area contributed by atoms with Gasteiger partial charge in [-0.25, -0.2) is 0 Å². The SMILES string of the molecule is Cc1ccc(CCCI)o1. The summed E-state index contributed by atoms with van der Waals surface area (Å²) in [6.45, 7) is 1.98. The summed E-state index contributed by atoms with van der Waals surface area (Å²) >= 11 is 2.38. The van der Waals surface area contributed by atoms with Crippen molar-refractivity contribution in [1.82, 2.24) is 0 Å². The fourth-order valence-corrected chi connectivity index (χ4v) is 1.24. The van der Waals surface area contributed by atoms with Gasteiger partial charge in [-0.05, 0) is 29.9 Å². The topological polar surface area (TPSA) is 13.1 Å². The lowest BCUT2D eigenvalue weighted by molar-refractivity contribution is 0.481. The van der Waals surface area contributed by atoms with Gasteiger partial charge in [-0.2, -0.15) is 0 Å². The van der Waals surface area contributed by atoms with Crippen molar-refractivity contribution in [2.45, 2.75) is 19.8 Å². The molecule has 0 amide bonds. The lowest BCUT2D eigenvalue weighted by Gasteiger charge is -1.90. The fourth-order valence-electron chi connectivity index (χ4n) is 0.861. The minimum atomic E-state index is 1.02. The molecular formula is C8H11IO.